The summed E-state index contributed by atoms with van der Waals surface area (Å²) in [4.78, 5) is 34.3. The summed E-state index contributed by atoms with van der Waals surface area (Å²) in [5, 5.41) is 2.98. The molecule has 30 heavy (non-hydrogen) atoms. The Kier molecular flexibility index (Phi) is 4.63. The number of imidazole rings is 1. The summed E-state index contributed by atoms with van der Waals surface area (Å²) in [5.41, 5.74) is 1.61. The van der Waals surface area contributed by atoms with Gasteiger partial charge in [-0.2, -0.15) is 0 Å². The molecule has 1 spiro atoms. The van der Waals surface area contributed by atoms with Crippen molar-refractivity contribution >= 4 is 22.8 Å². The van der Waals surface area contributed by atoms with Crippen molar-refractivity contribution in [3.8, 4) is 5.75 Å². The fourth-order valence-corrected chi connectivity index (χ4v) is 4.00. The number of hydrogen-bond donors (Lipinski definition) is 2. The van der Waals surface area contributed by atoms with Crippen LogP contribution in [-0.4, -0.2) is 52.1 Å². The number of amides is 2. The number of nitrogens with zero attached hydrogens (tertiary/aromatic N) is 2. The van der Waals surface area contributed by atoms with Crippen LogP contribution in [0.4, 0.5) is 0 Å². The van der Waals surface area contributed by atoms with Crippen molar-refractivity contribution in [3.05, 3.63) is 59.9 Å². The molecular formula is C22H22N4O4. The van der Waals surface area contributed by atoms with E-state index >= 15 is 0 Å². The molecule has 0 radical (unpaired) electrons. The number of likely N-dealkylation sites (tertiary alicyclic amines) is 1. The van der Waals surface area contributed by atoms with Crippen LogP contribution in [0.5, 0.6) is 5.75 Å². The Morgan fingerprint density at radius 1 is 1.13 bits per heavy atom. The van der Waals surface area contributed by atoms with Gasteiger partial charge < -0.3 is 24.7 Å². The third-order valence-electron chi connectivity index (χ3n) is 5.60. The molecule has 2 aliphatic heterocycles. The van der Waals surface area contributed by atoms with Crippen LogP contribution in [-0.2, 0) is 16.1 Å². The first-order valence-electron chi connectivity index (χ1n) is 10.0. The second-order valence-electron chi connectivity index (χ2n) is 7.62. The molecule has 1 saturated heterocycles. The number of benzene rings is 2. The van der Waals surface area contributed by atoms with Gasteiger partial charge in [-0.1, -0.05) is 24.3 Å². The van der Waals surface area contributed by atoms with Gasteiger partial charge in [0.05, 0.1) is 16.6 Å². The van der Waals surface area contributed by atoms with Crippen LogP contribution in [0.25, 0.3) is 11.0 Å². The molecule has 3 heterocycles. The maximum absolute atomic E-state index is 12.5. The molecule has 3 aromatic rings. The van der Waals surface area contributed by atoms with Gasteiger partial charge in [-0.15, -0.1) is 0 Å². The van der Waals surface area contributed by atoms with Gasteiger partial charge in [0, 0.05) is 25.9 Å². The number of hydrogen-bond acceptors (Lipinski definition) is 5. The lowest BCUT2D eigenvalue weighted by atomic mass is 9.97. The highest BCUT2D eigenvalue weighted by Crippen LogP contribution is 2.33. The summed E-state index contributed by atoms with van der Waals surface area (Å²) in [6.45, 7) is 1.22. The number of ether oxygens (including phenoxy) is 2. The van der Waals surface area contributed by atoms with Crippen LogP contribution < -0.4 is 10.1 Å². The summed E-state index contributed by atoms with van der Waals surface area (Å²) < 4.78 is 11.7. The number of para-hydroxylation sites is 3. The maximum Gasteiger partial charge on any atom is 0.258 e. The van der Waals surface area contributed by atoms with Gasteiger partial charge >= 0.3 is 0 Å². The molecule has 0 aliphatic carbocycles. The first-order chi connectivity index (χ1) is 14.6. The van der Waals surface area contributed by atoms with Crippen molar-refractivity contribution in [2.24, 2.45) is 0 Å². The average molecular weight is 406 g/mol. The molecular weight excluding hydrogens is 384 g/mol. The smallest absolute Gasteiger partial charge is 0.258 e. The molecule has 0 saturated carbocycles. The lowest BCUT2D eigenvalue weighted by Crippen LogP contribution is -2.61. The Bertz CT molecular complexity index is 1070. The molecule has 8 heteroatoms. The largest absolute Gasteiger partial charge is 0.467 e. The van der Waals surface area contributed by atoms with E-state index in [2.05, 4.69) is 15.3 Å². The van der Waals surface area contributed by atoms with Crippen molar-refractivity contribution in [1.29, 1.82) is 0 Å². The maximum atomic E-state index is 12.5. The number of carbonyl (C=O) groups excluding carboxylic acids is 2. The number of H-pyrrole nitrogens is 1. The molecule has 1 fully saturated rings. The quantitative estimate of drug-likeness (QED) is 0.693. The first-order valence-corrected chi connectivity index (χ1v) is 10.0. The van der Waals surface area contributed by atoms with Gasteiger partial charge in [0.15, 0.2) is 5.72 Å². The van der Waals surface area contributed by atoms with E-state index < -0.39 is 5.72 Å². The van der Waals surface area contributed by atoms with Crippen molar-refractivity contribution in [2.45, 2.75) is 25.2 Å². The van der Waals surface area contributed by atoms with Crippen LogP contribution in [0.1, 0.15) is 29.0 Å². The highest BCUT2D eigenvalue weighted by Gasteiger charge is 2.43. The van der Waals surface area contributed by atoms with Crippen LogP contribution in [0, 0.1) is 0 Å². The topological polar surface area (TPSA) is 96.5 Å². The number of aromatic nitrogens is 2. The Morgan fingerprint density at radius 3 is 2.73 bits per heavy atom. The minimum absolute atomic E-state index is 0.0138. The SMILES string of the molecule is O=C1NC2(CCN(C(=O)COCc3nc4ccccc4[nH]3)CC2)Oc2ccccc21. The lowest BCUT2D eigenvalue weighted by Gasteiger charge is -2.44. The van der Waals surface area contributed by atoms with Gasteiger partial charge in [-0.05, 0) is 24.3 Å². The van der Waals surface area contributed by atoms with E-state index in [1.54, 1.807) is 17.0 Å². The molecule has 0 atom stereocenters. The van der Waals surface area contributed by atoms with Crippen molar-refractivity contribution in [1.82, 2.24) is 20.2 Å². The zero-order chi connectivity index (χ0) is 20.6. The van der Waals surface area contributed by atoms with E-state index in [0.29, 0.717) is 43.1 Å². The summed E-state index contributed by atoms with van der Waals surface area (Å²) in [7, 11) is 0. The predicted octanol–water partition coefficient (Wildman–Crippen LogP) is 2.22. The van der Waals surface area contributed by atoms with E-state index in [9.17, 15) is 9.59 Å². The number of aromatic amines is 1. The molecule has 2 aliphatic rings. The molecule has 154 valence electrons. The summed E-state index contributed by atoms with van der Waals surface area (Å²) in [5.74, 6) is 1.07. The monoisotopic (exact) mass is 406 g/mol. The molecule has 2 N–H and O–H groups in total. The van der Waals surface area contributed by atoms with Gasteiger partial charge in [-0.3, -0.25) is 9.59 Å². The minimum atomic E-state index is -0.753. The number of rotatable bonds is 4. The van der Waals surface area contributed by atoms with E-state index in [4.69, 9.17) is 9.47 Å². The van der Waals surface area contributed by atoms with Gasteiger partial charge in [-0.25, -0.2) is 4.98 Å². The van der Waals surface area contributed by atoms with Gasteiger partial charge in [0.1, 0.15) is 24.8 Å². The van der Waals surface area contributed by atoms with Crippen LogP contribution in [0.15, 0.2) is 48.5 Å². The number of fused-ring (bicyclic) bond motifs is 2. The second-order valence-corrected chi connectivity index (χ2v) is 7.62. The molecule has 5 rings (SSSR count). The second kappa shape index (κ2) is 7.46. The standard InChI is InChI=1S/C22H22N4O4/c27-20(14-29-13-19-23-16-6-2-3-7-17(16)24-19)26-11-9-22(10-12-26)25-21(28)15-5-1-4-8-18(15)30-22/h1-8H,9-14H2,(H,23,24)(H,25,28). The van der Waals surface area contributed by atoms with Gasteiger partial charge in [0.25, 0.3) is 5.91 Å². The molecule has 1 aromatic heterocycles. The molecule has 2 amide bonds. The van der Waals surface area contributed by atoms with Crippen LogP contribution in [0.2, 0.25) is 0 Å². The molecule has 2 aromatic carbocycles. The fraction of sp³-hybridized carbons (Fsp3) is 0.318. The average Bonchev–Trinajstić information content (AvgIpc) is 3.17. The zero-order valence-electron chi connectivity index (χ0n) is 16.4. The summed E-state index contributed by atoms with van der Waals surface area (Å²) in [6, 6.07) is 15.0. The van der Waals surface area contributed by atoms with Gasteiger partial charge in [0.2, 0.25) is 5.91 Å². The molecule has 0 unspecified atom stereocenters. The third kappa shape index (κ3) is 3.50. The van der Waals surface area contributed by atoms with Crippen molar-refractivity contribution < 1.29 is 19.1 Å². The predicted molar refractivity (Wildman–Crippen MR) is 109 cm³/mol. The fourth-order valence-electron chi connectivity index (χ4n) is 4.00. The van der Waals surface area contributed by atoms with Crippen LogP contribution in [0.3, 0.4) is 0 Å². The van der Waals surface area contributed by atoms with E-state index in [0.717, 1.165) is 11.0 Å². The van der Waals surface area contributed by atoms with Crippen molar-refractivity contribution in [2.75, 3.05) is 19.7 Å². The number of piperidine rings is 1. The van der Waals surface area contributed by atoms with E-state index in [1.807, 2.05) is 36.4 Å². The minimum Gasteiger partial charge on any atom is -0.467 e. The first kappa shape index (κ1) is 18.6. The number of nitrogens with one attached hydrogen (secondary N) is 2. The summed E-state index contributed by atoms with van der Waals surface area (Å²) >= 11 is 0. The highest BCUT2D eigenvalue weighted by atomic mass is 16.5. The number of carbonyl (C=O) groups is 2. The zero-order valence-corrected chi connectivity index (χ0v) is 16.4. The lowest BCUT2D eigenvalue weighted by molar-refractivity contribution is -0.140. The highest BCUT2D eigenvalue weighted by molar-refractivity contribution is 5.98. The molecule has 0 bridgehead atoms. The third-order valence-corrected chi connectivity index (χ3v) is 5.60. The summed E-state index contributed by atoms with van der Waals surface area (Å²) in [6.07, 6.45) is 1.06. The van der Waals surface area contributed by atoms with E-state index in [-0.39, 0.29) is 25.0 Å². The Morgan fingerprint density at radius 2 is 1.90 bits per heavy atom. The Hall–Kier alpha value is -3.39. The van der Waals surface area contributed by atoms with Crippen molar-refractivity contribution in [3.63, 3.8) is 0 Å². The normalized spacial score (nSPS) is 17.5. The van der Waals surface area contributed by atoms with Crippen LogP contribution >= 0.6 is 0 Å². The Balaban J connectivity index is 1.14. The van der Waals surface area contributed by atoms with E-state index in [1.165, 1.54) is 0 Å². The Labute approximate surface area is 173 Å². The molecule has 8 nitrogen and oxygen atoms in total.